The van der Waals surface area contributed by atoms with Crippen molar-refractivity contribution >= 4 is 21.8 Å². The van der Waals surface area contributed by atoms with Crippen molar-refractivity contribution in [2.75, 3.05) is 13.1 Å². The van der Waals surface area contributed by atoms with Crippen LogP contribution in [0.1, 0.15) is 12.8 Å². The lowest BCUT2D eigenvalue weighted by atomic mass is 10.2. The van der Waals surface area contributed by atoms with Crippen LogP contribution in [0, 0.1) is 0 Å². The molecule has 27 heavy (non-hydrogen) atoms. The summed E-state index contributed by atoms with van der Waals surface area (Å²) in [4.78, 5) is 8.72. The number of thioether (sulfide) groups is 1. The lowest BCUT2D eigenvalue weighted by Gasteiger charge is -2.30. The third-order valence-corrected chi connectivity index (χ3v) is 7.44. The van der Waals surface area contributed by atoms with Crippen molar-refractivity contribution in [2.45, 2.75) is 28.1 Å². The van der Waals surface area contributed by atoms with E-state index in [4.69, 9.17) is 0 Å². The van der Waals surface area contributed by atoms with Gasteiger partial charge in [-0.15, -0.1) is 5.10 Å². The molecule has 11 heteroatoms. The molecule has 1 aliphatic heterocycles. The highest BCUT2D eigenvalue weighted by Gasteiger charge is 2.30. The van der Waals surface area contributed by atoms with E-state index < -0.39 is 10.0 Å². The Hall–Kier alpha value is -2.37. The second-order valence-electron chi connectivity index (χ2n) is 6.00. The van der Waals surface area contributed by atoms with E-state index in [-0.39, 0.29) is 4.90 Å². The molecule has 4 rings (SSSR count). The zero-order valence-electron chi connectivity index (χ0n) is 14.3. The molecular weight excluding hydrogens is 386 g/mol. The lowest BCUT2D eigenvalue weighted by Crippen LogP contribution is -2.39. The van der Waals surface area contributed by atoms with Crippen molar-refractivity contribution in [1.29, 1.82) is 0 Å². The van der Waals surface area contributed by atoms with E-state index in [2.05, 4.69) is 25.5 Å². The first kappa shape index (κ1) is 18.0. The number of tetrazole rings is 1. The first-order chi connectivity index (χ1) is 13.1. The average molecular weight is 403 g/mol. The zero-order chi connectivity index (χ0) is 18.7. The Bertz CT molecular complexity index is 971. The van der Waals surface area contributed by atoms with Crippen LogP contribution in [0.3, 0.4) is 0 Å². The summed E-state index contributed by atoms with van der Waals surface area (Å²) < 4.78 is 28.8. The van der Waals surface area contributed by atoms with Crippen LogP contribution < -0.4 is 0 Å². The van der Waals surface area contributed by atoms with Crippen LogP contribution in [0.5, 0.6) is 0 Å². The van der Waals surface area contributed by atoms with Crippen LogP contribution in [-0.4, -0.2) is 61.2 Å². The highest BCUT2D eigenvalue weighted by molar-refractivity contribution is 7.99. The van der Waals surface area contributed by atoms with Gasteiger partial charge in [0.25, 0.3) is 0 Å². The van der Waals surface area contributed by atoms with Crippen molar-refractivity contribution in [3.8, 4) is 5.69 Å². The van der Waals surface area contributed by atoms with Gasteiger partial charge in [0, 0.05) is 30.7 Å². The van der Waals surface area contributed by atoms with Gasteiger partial charge in [0.2, 0.25) is 10.0 Å². The molecule has 0 bridgehead atoms. The van der Waals surface area contributed by atoms with Crippen LogP contribution in [0.2, 0.25) is 0 Å². The zero-order valence-corrected chi connectivity index (χ0v) is 15.9. The first-order valence-electron chi connectivity index (χ1n) is 8.40. The van der Waals surface area contributed by atoms with E-state index in [1.54, 1.807) is 58.8 Å². The lowest BCUT2D eigenvalue weighted by molar-refractivity contribution is 0.352. The van der Waals surface area contributed by atoms with E-state index >= 15 is 0 Å². The molecule has 0 radical (unpaired) electrons. The van der Waals surface area contributed by atoms with Gasteiger partial charge in [-0.3, -0.25) is 0 Å². The minimum Gasteiger partial charge on any atom is -0.231 e. The number of benzene rings is 1. The second kappa shape index (κ2) is 7.71. The molecule has 0 unspecified atom stereocenters. The Morgan fingerprint density at radius 3 is 2.37 bits per heavy atom. The Morgan fingerprint density at radius 2 is 1.74 bits per heavy atom. The Labute approximate surface area is 160 Å². The van der Waals surface area contributed by atoms with Gasteiger partial charge in [0.15, 0.2) is 5.16 Å². The quantitative estimate of drug-likeness (QED) is 0.589. The molecule has 0 amide bonds. The van der Waals surface area contributed by atoms with Gasteiger partial charge in [0.1, 0.15) is 6.33 Å². The number of aromatic nitrogens is 6. The van der Waals surface area contributed by atoms with E-state index in [0.29, 0.717) is 24.0 Å². The molecule has 9 nitrogen and oxygen atoms in total. The monoisotopic (exact) mass is 403 g/mol. The summed E-state index contributed by atoms with van der Waals surface area (Å²) in [5.41, 5.74) is 0.705. The van der Waals surface area contributed by atoms with E-state index in [0.717, 1.165) is 18.0 Å². The molecule has 0 spiro atoms. The van der Waals surface area contributed by atoms with Crippen molar-refractivity contribution in [2.24, 2.45) is 0 Å². The number of piperidine rings is 1. The molecule has 0 saturated carbocycles. The topological polar surface area (TPSA) is 107 Å². The smallest absolute Gasteiger partial charge is 0.231 e. The van der Waals surface area contributed by atoms with E-state index in [9.17, 15) is 8.42 Å². The van der Waals surface area contributed by atoms with Crippen molar-refractivity contribution in [1.82, 2.24) is 34.5 Å². The van der Waals surface area contributed by atoms with Crippen LogP contribution in [0.4, 0.5) is 0 Å². The molecule has 1 saturated heterocycles. The highest BCUT2D eigenvalue weighted by Crippen LogP contribution is 2.30. The molecule has 1 fully saturated rings. The molecule has 3 aromatic rings. The Balaban J connectivity index is 1.41. The maximum atomic E-state index is 12.9. The summed E-state index contributed by atoms with van der Waals surface area (Å²) in [6.45, 7) is 0.975. The van der Waals surface area contributed by atoms with Gasteiger partial charge in [0.05, 0.1) is 10.6 Å². The predicted octanol–water partition coefficient (Wildman–Crippen LogP) is 1.40. The summed E-state index contributed by atoms with van der Waals surface area (Å²) in [5.74, 6) is 0. The molecule has 0 atom stereocenters. The molecule has 3 heterocycles. The summed E-state index contributed by atoms with van der Waals surface area (Å²) in [6, 6.07) is 8.34. The van der Waals surface area contributed by atoms with Crippen LogP contribution in [0.15, 0.2) is 59.1 Å². The Kier molecular flexibility index (Phi) is 5.14. The third-order valence-electron chi connectivity index (χ3n) is 4.30. The molecule has 140 valence electrons. The van der Waals surface area contributed by atoms with Crippen molar-refractivity contribution < 1.29 is 8.42 Å². The van der Waals surface area contributed by atoms with E-state index in [1.165, 1.54) is 11.0 Å². The summed E-state index contributed by atoms with van der Waals surface area (Å²) in [7, 11) is -3.51. The van der Waals surface area contributed by atoms with E-state index in [1.807, 2.05) is 0 Å². The van der Waals surface area contributed by atoms with Gasteiger partial charge >= 0.3 is 0 Å². The van der Waals surface area contributed by atoms with Gasteiger partial charge < -0.3 is 0 Å². The number of rotatable bonds is 5. The third kappa shape index (κ3) is 3.99. The van der Waals surface area contributed by atoms with Gasteiger partial charge in [-0.2, -0.15) is 4.31 Å². The molecule has 0 aliphatic carbocycles. The SMILES string of the molecule is O=S(=O)(c1ccc(-n2cnnn2)cc1)N1CCC(Sc2ncccn2)CC1. The molecule has 0 N–H and O–H groups in total. The average Bonchev–Trinajstić information content (AvgIpc) is 3.24. The van der Waals surface area contributed by atoms with Crippen LogP contribution >= 0.6 is 11.8 Å². The fraction of sp³-hybridized carbons (Fsp3) is 0.312. The maximum absolute atomic E-state index is 12.9. The molecule has 1 aromatic carbocycles. The minimum absolute atomic E-state index is 0.275. The predicted molar refractivity (Wildman–Crippen MR) is 98.8 cm³/mol. The van der Waals surface area contributed by atoms with Crippen molar-refractivity contribution in [3.05, 3.63) is 49.1 Å². The second-order valence-corrected chi connectivity index (χ2v) is 9.21. The largest absolute Gasteiger partial charge is 0.243 e. The standard InChI is InChI=1S/C16H17N7O2S2/c24-27(25,15-4-2-13(3-5-15)23-12-19-20-21-23)22-10-6-14(7-11-22)26-16-17-8-1-9-18-16/h1-5,8-9,12,14H,6-7,10-11H2. The number of hydrogen-bond acceptors (Lipinski definition) is 8. The first-order valence-corrected chi connectivity index (χ1v) is 10.7. The maximum Gasteiger partial charge on any atom is 0.243 e. The summed E-state index contributed by atoms with van der Waals surface area (Å²) in [5, 5.41) is 12.0. The fourth-order valence-corrected chi connectivity index (χ4v) is 5.34. The number of sulfonamides is 1. The summed E-state index contributed by atoms with van der Waals surface area (Å²) in [6.07, 6.45) is 6.43. The molecular formula is C16H17N7O2S2. The number of hydrogen-bond donors (Lipinski definition) is 0. The minimum atomic E-state index is -3.51. The molecule has 1 aliphatic rings. The van der Waals surface area contributed by atoms with Gasteiger partial charge in [-0.25, -0.2) is 23.1 Å². The van der Waals surface area contributed by atoms with Crippen LogP contribution in [-0.2, 0) is 10.0 Å². The molecule has 2 aromatic heterocycles. The summed E-state index contributed by atoms with van der Waals surface area (Å²) >= 11 is 1.61. The fourth-order valence-electron chi connectivity index (χ4n) is 2.89. The normalized spacial score (nSPS) is 16.4. The van der Waals surface area contributed by atoms with Gasteiger partial charge in [-0.05, 0) is 53.6 Å². The van der Waals surface area contributed by atoms with Gasteiger partial charge in [-0.1, -0.05) is 11.8 Å². The Morgan fingerprint density at radius 1 is 1.04 bits per heavy atom. The number of nitrogens with zero attached hydrogens (tertiary/aromatic N) is 7. The van der Waals surface area contributed by atoms with Crippen LogP contribution in [0.25, 0.3) is 5.69 Å². The highest BCUT2D eigenvalue weighted by atomic mass is 32.2. The van der Waals surface area contributed by atoms with Crippen molar-refractivity contribution in [3.63, 3.8) is 0 Å².